The van der Waals surface area contributed by atoms with Gasteiger partial charge in [0.1, 0.15) is 18.3 Å². The number of H-pyrrole nitrogens is 1. The monoisotopic (exact) mass is 1010 g/mol. The van der Waals surface area contributed by atoms with Gasteiger partial charge in [-0.2, -0.15) is 0 Å². The second-order valence-electron chi connectivity index (χ2n) is 26.0. The molecule has 7 fully saturated rings. The topological polar surface area (TPSA) is 261 Å². The molecule has 72 heavy (non-hydrogen) atoms. The average Bonchev–Trinajstić information content (AvgIpc) is 4.04. The predicted molar refractivity (Wildman–Crippen MR) is 271 cm³/mol. The molecule has 3 heterocycles. The summed E-state index contributed by atoms with van der Waals surface area (Å²) in [5, 5.41) is 84.8. The van der Waals surface area contributed by atoms with Crippen molar-refractivity contribution in [2.24, 2.45) is 79.6 Å². The van der Waals surface area contributed by atoms with Crippen LogP contribution >= 0.6 is 0 Å². The van der Waals surface area contributed by atoms with Gasteiger partial charge in [0.25, 0.3) is 0 Å². The van der Waals surface area contributed by atoms with Crippen molar-refractivity contribution in [2.45, 2.75) is 212 Å². The van der Waals surface area contributed by atoms with Gasteiger partial charge in [-0.25, -0.2) is 4.98 Å². The fourth-order valence-corrected chi connectivity index (χ4v) is 18.9. The minimum absolute atomic E-state index is 0.00741. The molecule has 9 rings (SSSR count). The van der Waals surface area contributed by atoms with Gasteiger partial charge in [-0.05, 0) is 153 Å². The highest BCUT2D eigenvalue weighted by atomic mass is 16.7. The van der Waals surface area contributed by atoms with E-state index in [1.807, 2.05) is 13.1 Å². The summed E-state index contributed by atoms with van der Waals surface area (Å²) in [6.45, 7) is 11.3. The van der Waals surface area contributed by atoms with E-state index >= 15 is 0 Å². The van der Waals surface area contributed by atoms with Crippen LogP contribution < -0.4 is 11.1 Å². The van der Waals surface area contributed by atoms with Gasteiger partial charge < -0.3 is 61.3 Å². The van der Waals surface area contributed by atoms with Crippen LogP contribution in [0.3, 0.4) is 0 Å². The van der Waals surface area contributed by atoms with Gasteiger partial charge in [0, 0.05) is 42.3 Å². The lowest BCUT2D eigenvalue weighted by molar-refractivity contribution is -0.350. The third kappa shape index (κ3) is 8.50. The molecule has 20 atom stereocenters. The molecular weight excluding hydrogens is 917 g/mol. The first-order valence-electron chi connectivity index (χ1n) is 28.5. The molecule has 15 nitrogen and oxygen atoms in total. The van der Waals surface area contributed by atoms with Gasteiger partial charge in [0.2, 0.25) is 5.91 Å². The van der Waals surface area contributed by atoms with Crippen LogP contribution in [0.15, 0.2) is 24.2 Å². The van der Waals surface area contributed by atoms with E-state index in [0.717, 1.165) is 82.7 Å². The molecule has 1 aromatic rings. The molecule has 0 bridgehead atoms. The Kier molecular flexibility index (Phi) is 15.7. The second-order valence-corrected chi connectivity index (χ2v) is 26.0. The number of fused-ring (bicyclic) bond motifs is 7. The standard InChI is InChI=1S/C57H92N4O11/c1-6-7-9-15-35-26-56(51(69)70)22-21-52(2,30-62)27-39(56)37-17-18-43-54(4,55(35,37)5)20-19-42-53(3,31-63)49(72-50-48(68)47(67)41(64)29-71-50)46(66)38(57(42,43)34-13-10-8-11-14-34)24-33-25-44(65)61-45(33)36(16-12-23-58)40-28-59-32-60-40/h17,28,32-36,38-39,41-43,45-50,62-64,66-68H,6-16,18-27,29-31,58H2,1-5H3,(H,59,60)(H,61,65)(H,69,70)/t33-,35+,36+,38-,39-,41+,42+,43-,45-,46+,47-,48+,49+,50-,52-,53-,54+,55+,56-,57-/m0/s1. The van der Waals surface area contributed by atoms with E-state index < -0.39 is 75.8 Å². The van der Waals surface area contributed by atoms with Crippen LogP contribution in [-0.4, -0.2) is 127 Å². The maximum Gasteiger partial charge on any atom is 0.310 e. The summed E-state index contributed by atoms with van der Waals surface area (Å²) in [6.07, 6.45) is 13.9. The summed E-state index contributed by atoms with van der Waals surface area (Å²) >= 11 is 0. The van der Waals surface area contributed by atoms with Crippen molar-refractivity contribution in [2.75, 3.05) is 26.4 Å². The Morgan fingerprint density at radius 3 is 2.38 bits per heavy atom. The molecule has 2 aliphatic heterocycles. The maximum absolute atomic E-state index is 14.0. The van der Waals surface area contributed by atoms with E-state index in [4.69, 9.17) is 15.2 Å². The van der Waals surface area contributed by atoms with Crippen molar-refractivity contribution in [3.05, 3.63) is 29.9 Å². The number of hydrogen-bond donors (Lipinski definition) is 10. The van der Waals surface area contributed by atoms with Crippen LogP contribution in [0.5, 0.6) is 0 Å². The van der Waals surface area contributed by atoms with Gasteiger partial charge in [-0.3, -0.25) is 9.59 Å². The zero-order chi connectivity index (χ0) is 51.6. The molecular formula is C57H92N4O11. The predicted octanol–water partition coefficient (Wildman–Crippen LogP) is 6.35. The van der Waals surface area contributed by atoms with Gasteiger partial charge >= 0.3 is 5.97 Å². The number of aliphatic carboxylic acids is 1. The number of hydrogen-bond acceptors (Lipinski definition) is 12. The molecule has 8 aliphatic rings. The van der Waals surface area contributed by atoms with Crippen LogP contribution in [0, 0.1) is 73.9 Å². The number of nitrogens with one attached hydrogen (secondary N) is 2. The summed E-state index contributed by atoms with van der Waals surface area (Å²) in [5.41, 5.74) is 4.55. The highest BCUT2D eigenvalue weighted by Crippen LogP contribution is 2.80. The Labute approximate surface area is 428 Å². The normalized spacial score (nSPS) is 46.8. The van der Waals surface area contributed by atoms with Crippen LogP contribution in [0.2, 0.25) is 0 Å². The summed E-state index contributed by atoms with van der Waals surface area (Å²) in [4.78, 5) is 35.8. The largest absolute Gasteiger partial charge is 0.481 e. The van der Waals surface area contributed by atoms with E-state index in [1.165, 1.54) is 5.57 Å². The first-order valence-corrected chi connectivity index (χ1v) is 28.5. The summed E-state index contributed by atoms with van der Waals surface area (Å²) < 4.78 is 12.8. The Balaban J connectivity index is 1.25. The van der Waals surface area contributed by atoms with Gasteiger partial charge in [-0.1, -0.05) is 84.8 Å². The number of carbonyl (C=O) groups is 2. The first-order chi connectivity index (χ1) is 34.3. The Morgan fingerprint density at radius 2 is 1.71 bits per heavy atom. The number of rotatable bonds is 17. The van der Waals surface area contributed by atoms with Crippen LogP contribution in [0.4, 0.5) is 0 Å². The minimum Gasteiger partial charge on any atom is -0.481 e. The first kappa shape index (κ1) is 54.3. The summed E-state index contributed by atoms with van der Waals surface area (Å²) in [5.74, 6) is -1.74. The number of nitrogens with zero attached hydrogens (tertiary/aromatic N) is 1. The number of nitrogens with two attached hydrogens (primary N) is 1. The molecule has 5 saturated carbocycles. The van der Waals surface area contributed by atoms with Crippen LogP contribution in [0.1, 0.15) is 175 Å². The average molecular weight is 1010 g/mol. The van der Waals surface area contributed by atoms with Gasteiger partial charge in [0.05, 0.1) is 37.2 Å². The summed E-state index contributed by atoms with van der Waals surface area (Å²) in [6, 6.07) is -0.285. The van der Waals surface area contributed by atoms with Crippen molar-refractivity contribution >= 4 is 11.9 Å². The highest BCUT2D eigenvalue weighted by Gasteiger charge is 2.77. The van der Waals surface area contributed by atoms with Gasteiger partial charge in [-0.15, -0.1) is 0 Å². The Bertz CT molecular complexity index is 2090. The fourth-order valence-electron chi connectivity index (χ4n) is 18.9. The zero-order valence-corrected chi connectivity index (χ0v) is 44.2. The quantitative estimate of drug-likeness (QED) is 0.0465. The molecule has 0 radical (unpaired) electrons. The molecule has 11 N–H and O–H groups in total. The lowest BCUT2D eigenvalue weighted by Gasteiger charge is -2.77. The van der Waals surface area contributed by atoms with Gasteiger partial charge in [0.15, 0.2) is 6.29 Å². The lowest BCUT2D eigenvalue weighted by Crippen LogP contribution is -2.75. The third-order valence-electron chi connectivity index (χ3n) is 22.7. The van der Waals surface area contributed by atoms with Crippen molar-refractivity contribution < 1.29 is 54.8 Å². The van der Waals surface area contributed by atoms with Crippen molar-refractivity contribution in [1.29, 1.82) is 0 Å². The van der Waals surface area contributed by atoms with Crippen LogP contribution in [-0.2, 0) is 19.1 Å². The van der Waals surface area contributed by atoms with E-state index in [-0.39, 0.29) is 85.0 Å². The minimum atomic E-state index is -1.61. The number of aromatic amines is 1. The third-order valence-corrected chi connectivity index (χ3v) is 22.7. The number of aromatic nitrogens is 2. The number of aliphatic hydroxyl groups excluding tert-OH is 6. The van der Waals surface area contributed by atoms with Crippen molar-refractivity contribution in [3.63, 3.8) is 0 Å². The number of amides is 1. The molecule has 0 unspecified atom stereocenters. The van der Waals surface area contributed by atoms with E-state index in [2.05, 4.69) is 49.1 Å². The van der Waals surface area contributed by atoms with E-state index in [9.17, 15) is 45.3 Å². The molecule has 6 aliphatic carbocycles. The number of allylic oxidation sites excluding steroid dienone is 2. The van der Waals surface area contributed by atoms with E-state index in [0.29, 0.717) is 51.5 Å². The molecule has 2 saturated heterocycles. The smallest absolute Gasteiger partial charge is 0.310 e. The maximum atomic E-state index is 14.0. The molecule has 0 aromatic carbocycles. The number of aliphatic hydroxyl groups is 6. The molecule has 1 aromatic heterocycles. The van der Waals surface area contributed by atoms with Crippen molar-refractivity contribution in [3.8, 4) is 0 Å². The van der Waals surface area contributed by atoms with E-state index in [1.54, 1.807) is 6.33 Å². The molecule has 15 heteroatoms. The number of carbonyl (C=O) groups excluding carboxylic acids is 1. The second kappa shape index (κ2) is 20.8. The molecule has 1 amide bonds. The zero-order valence-electron chi connectivity index (χ0n) is 44.2. The number of carboxylic acid groups (broad SMARTS) is 1. The number of unbranched alkanes of at least 4 members (excludes halogenated alkanes) is 2. The SMILES string of the molecule is CCCCC[C@@H]1C[C@@]2(C(=O)O)CC[C@](C)(CO)C[C@H]2C2=CC[C@@H]3[C@]4(C5CCCCC5)[C@H](CC[C@@]3(C)[C@@]21C)[C@](C)(CO)[C@H](O[C@@H]1OC[C@@H](O)[C@H](O)[C@H]1O)[C@H](O)[C@@H]4C[C@H]1CC(=O)N[C@@H]1[C@H](CCCN)c1cnc[nH]1. The molecule has 0 spiro atoms. The Morgan fingerprint density at radius 1 is 0.944 bits per heavy atom. The fraction of sp³-hybridized carbons (Fsp3) is 0.877. The number of carboxylic acids is 1. The number of imidazole rings is 1. The summed E-state index contributed by atoms with van der Waals surface area (Å²) in [7, 11) is 0. The lowest BCUT2D eigenvalue weighted by atomic mass is 9.28. The van der Waals surface area contributed by atoms with Crippen LogP contribution in [0.25, 0.3) is 0 Å². The Hall–Kier alpha value is -2.47. The highest BCUT2D eigenvalue weighted by molar-refractivity contribution is 5.79. The van der Waals surface area contributed by atoms with Crippen molar-refractivity contribution in [1.82, 2.24) is 15.3 Å². The molecule has 406 valence electrons. The number of ether oxygens (including phenoxy) is 2.